The van der Waals surface area contributed by atoms with E-state index < -0.39 is 8.07 Å². The Morgan fingerprint density at radius 1 is 1.12 bits per heavy atom. The highest BCUT2D eigenvalue weighted by Crippen LogP contribution is 2.37. The second kappa shape index (κ2) is 10.3. The molecule has 34 heavy (non-hydrogen) atoms. The minimum atomic E-state index is -1.16. The molecular weight excluding hydrogens is 505 g/mol. The van der Waals surface area contributed by atoms with Crippen molar-refractivity contribution < 1.29 is 4.74 Å². The summed E-state index contributed by atoms with van der Waals surface area (Å²) in [4.78, 5) is 17.7. The number of rotatable bonds is 8. The van der Waals surface area contributed by atoms with Crippen molar-refractivity contribution in [3.63, 3.8) is 0 Å². The van der Waals surface area contributed by atoms with Gasteiger partial charge in [-0.15, -0.1) is 0 Å². The van der Waals surface area contributed by atoms with Crippen LogP contribution >= 0.6 is 35.0 Å². The molecule has 6 nitrogen and oxygen atoms in total. The van der Waals surface area contributed by atoms with Crippen molar-refractivity contribution in [1.82, 2.24) is 19.5 Å². The molecule has 1 aliphatic heterocycles. The predicted molar refractivity (Wildman–Crippen MR) is 145 cm³/mol. The molecule has 0 radical (unpaired) electrons. The Hall–Kier alpha value is -1.32. The van der Waals surface area contributed by atoms with Crippen molar-refractivity contribution in [3.8, 4) is 0 Å². The van der Waals surface area contributed by atoms with Crippen LogP contribution in [0.15, 0.2) is 34.3 Å². The van der Waals surface area contributed by atoms with Crippen LogP contribution in [0.25, 0.3) is 11.3 Å². The molecule has 1 aliphatic rings. The lowest BCUT2D eigenvalue weighted by molar-refractivity contribution is 0.0899. The molecule has 0 aliphatic carbocycles. The zero-order valence-corrected chi connectivity index (χ0v) is 23.9. The highest BCUT2D eigenvalue weighted by Gasteiger charge is 2.29. The Labute approximate surface area is 217 Å². The number of benzene rings is 1. The average Bonchev–Trinajstić information content (AvgIpc) is 3.11. The summed E-state index contributed by atoms with van der Waals surface area (Å²) in [6.07, 6.45) is 4.03. The molecule has 1 fully saturated rings. The number of aromatic nitrogens is 4. The van der Waals surface area contributed by atoms with Crippen molar-refractivity contribution >= 4 is 60.3 Å². The lowest BCUT2D eigenvalue weighted by Gasteiger charge is -2.37. The molecule has 184 valence electrons. The molecule has 1 aromatic carbocycles. The van der Waals surface area contributed by atoms with E-state index in [0.29, 0.717) is 27.8 Å². The highest BCUT2D eigenvalue weighted by atomic mass is 35.5. The zero-order valence-electron chi connectivity index (χ0n) is 20.6. The van der Waals surface area contributed by atoms with Gasteiger partial charge in [-0.2, -0.15) is 4.98 Å². The fourth-order valence-electron chi connectivity index (χ4n) is 3.80. The third-order valence-corrected chi connectivity index (χ3v) is 9.76. The van der Waals surface area contributed by atoms with Gasteiger partial charge in [-0.05, 0) is 36.4 Å². The molecular formula is C24H33Cl2N5OSSi. The fourth-order valence-corrected chi connectivity index (χ4v) is 5.84. The predicted octanol–water partition coefficient (Wildman–Crippen LogP) is 7.22. The average molecular weight is 539 g/mol. The molecule has 0 saturated carbocycles. The SMILES string of the molecule is CC1(C)CCN(c2nc3nc(Sc4cccc(Cl)c4Cl)cnc3n2COCC[Si](C)(C)C)CC1. The number of imidazole rings is 1. The van der Waals surface area contributed by atoms with E-state index in [1.54, 1.807) is 12.3 Å². The van der Waals surface area contributed by atoms with E-state index in [9.17, 15) is 0 Å². The molecule has 0 atom stereocenters. The van der Waals surface area contributed by atoms with Gasteiger partial charge in [0.15, 0.2) is 5.65 Å². The maximum atomic E-state index is 6.38. The molecule has 3 aromatic rings. The molecule has 10 heteroatoms. The van der Waals surface area contributed by atoms with Crippen LogP contribution < -0.4 is 4.90 Å². The van der Waals surface area contributed by atoms with E-state index in [1.807, 2.05) is 12.1 Å². The number of hydrogen-bond acceptors (Lipinski definition) is 6. The van der Waals surface area contributed by atoms with Crippen molar-refractivity contribution in [2.45, 2.75) is 69.0 Å². The van der Waals surface area contributed by atoms with Crippen LogP contribution in [0.5, 0.6) is 0 Å². The third kappa shape index (κ3) is 6.26. The number of piperidine rings is 1. The number of fused-ring (bicyclic) bond motifs is 1. The van der Waals surface area contributed by atoms with E-state index in [1.165, 1.54) is 11.8 Å². The van der Waals surface area contributed by atoms with Gasteiger partial charge in [0.2, 0.25) is 11.6 Å². The second-order valence-electron chi connectivity index (χ2n) is 10.8. The van der Waals surface area contributed by atoms with Crippen LogP contribution in [0.2, 0.25) is 35.7 Å². The second-order valence-corrected chi connectivity index (χ2v) is 18.3. The summed E-state index contributed by atoms with van der Waals surface area (Å²) in [5, 5.41) is 1.78. The Kier molecular flexibility index (Phi) is 7.84. The first kappa shape index (κ1) is 25.8. The van der Waals surface area contributed by atoms with E-state index in [4.69, 9.17) is 42.9 Å². The summed E-state index contributed by atoms with van der Waals surface area (Å²) in [5.74, 6) is 0.890. The zero-order chi connectivity index (χ0) is 24.5. The van der Waals surface area contributed by atoms with Crippen LogP contribution in [0.4, 0.5) is 5.95 Å². The van der Waals surface area contributed by atoms with Gasteiger partial charge in [0.05, 0.1) is 16.2 Å². The largest absolute Gasteiger partial charge is 0.361 e. The topological polar surface area (TPSA) is 56.1 Å². The molecule has 0 bridgehead atoms. The Morgan fingerprint density at radius 2 is 1.85 bits per heavy atom. The molecule has 0 N–H and O–H groups in total. The minimum Gasteiger partial charge on any atom is -0.361 e. The van der Waals surface area contributed by atoms with Gasteiger partial charge in [0, 0.05) is 32.7 Å². The maximum Gasteiger partial charge on any atom is 0.211 e. The van der Waals surface area contributed by atoms with Gasteiger partial charge in [-0.25, -0.2) is 9.97 Å². The van der Waals surface area contributed by atoms with E-state index in [-0.39, 0.29) is 0 Å². The van der Waals surface area contributed by atoms with Crippen LogP contribution in [0.3, 0.4) is 0 Å². The summed E-state index contributed by atoms with van der Waals surface area (Å²) in [5.41, 5.74) is 1.73. The monoisotopic (exact) mass is 537 g/mol. The molecule has 0 unspecified atom stereocenters. The van der Waals surface area contributed by atoms with Crippen LogP contribution in [-0.2, 0) is 11.5 Å². The van der Waals surface area contributed by atoms with Gasteiger partial charge >= 0.3 is 0 Å². The Balaban J connectivity index is 1.62. The summed E-state index contributed by atoms with van der Waals surface area (Å²) >= 11 is 14.0. The summed E-state index contributed by atoms with van der Waals surface area (Å²) in [7, 11) is -1.16. The minimum absolute atomic E-state index is 0.359. The summed E-state index contributed by atoms with van der Waals surface area (Å²) in [6, 6.07) is 6.71. The van der Waals surface area contributed by atoms with Gasteiger partial charge in [0.25, 0.3) is 0 Å². The highest BCUT2D eigenvalue weighted by molar-refractivity contribution is 7.99. The normalized spacial score (nSPS) is 16.4. The molecule has 0 amide bonds. The number of halogens is 2. The van der Waals surface area contributed by atoms with Crippen molar-refractivity contribution in [1.29, 1.82) is 0 Å². The quantitative estimate of drug-likeness (QED) is 0.223. The lowest BCUT2D eigenvalue weighted by atomic mass is 9.83. The smallest absolute Gasteiger partial charge is 0.211 e. The number of hydrogen-bond donors (Lipinski definition) is 0. The molecule has 1 saturated heterocycles. The van der Waals surface area contributed by atoms with Crippen LogP contribution in [0, 0.1) is 5.41 Å². The summed E-state index contributed by atoms with van der Waals surface area (Å²) in [6.45, 7) is 14.9. The van der Waals surface area contributed by atoms with Gasteiger partial charge in [0.1, 0.15) is 11.8 Å². The molecule has 3 heterocycles. The Bertz CT molecular complexity index is 1150. The van der Waals surface area contributed by atoms with Gasteiger partial charge in [-0.1, -0.05) is 74.5 Å². The number of ether oxygens (including phenoxy) is 1. The Morgan fingerprint density at radius 3 is 2.56 bits per heavy atom. The standard InChI is InChI=1S/C24H33Cl2N5OSSi/c1-24(2)9-11-30(12-10-24)23-29-21-22(31(23)16-32-13-14-34(3,4)5)27-15-19(28-21)33-18-8-6-7-17(25)20(18)26/h6-8,15H,9-14,16H2,1-5H3. The molecule has 2 aromatic heterocycles. The molecule has 0 spiro atoms. The lowest BCUT2D eigenvalue weighted by Crippen LogP contribution is -2.38. The third-order valence-electron chi connectivity index (χ3n) is 6.16. The maximum absolute atomic E-state index is 6.38. The van der Waals surface area contributed by atoms with E-state index in [2.05, 4.69) is 43.0 Å². The van der Waals surface area contributed by atoms with Gasteiger partial charge in [-0.3, -0.25) is 4.57 Å². The fraction of sp³-hybridized carbons (Fsp3) is 0.542. The summed E-state index contributed by atoms with van der Waals surface area (Å²) < 4.78 is 8.19. The van der Waals surface area contributed by atoms with Gasteiger partial charge < -0.3 is 9.64 Å². The van der Waals surface area contributed by atoms with E-state index >= 15 is 0 Å². The van der Waals surface area contributed by atoms with Crippen LogP contribution in [-0.4, -0.2) is 47.3 Å². The number of nitrogens with zero attached hydrogens (tertiary/aromatic N) is 5. The number of anilines is 1. The first-order valence-electron chi connectivity index (χ1n) is 11.7. The van der Waals surface area contributed by atoms with Crippen LogP contribution in [0.1, 0.15) is 26.7 Å². The molecule has 4 rings (SSSR count). The van der Waals surface area contributed by atoms with Crippen molar-refractivity contribution in [2.24, 2.45) is 5.41 Å². The van der Waals surface area contributed by atoms with Crippen molar-refractivity contribution in [2.75, 3.05) is 24.6 Å². The first-order chi connectivity index (χ1) is 16.0. The first-order valence-corrected chi connectivity index (χ1v) is 17.0. The van der Waals surface area contributed by atoms with Crippen molar-refractivity contribution in [3.05, 3.63) is 34.4 Å². The van der Waals surface area contributed by atoms with E-state index in [0.717, 1.165) is 60.1 Å².